The first-order chi connectivity index (χ1) is 16.8. The molecular formula is C27H32N2O6. The van der Waals surface area contributed by atoms with Crippen LogP contribution in [0.1, 0.15) is 51.0 Å². The summed E-state index contributed by atoms with van der Waals surface area (Å²) in [4.78, 5) is 56.2. The molecule has 35 heavy (non-hydrogen) atoms. The molecular weight excluding hydrogens is 448 g/mol. The number of carbonyl (C=O) groups is 4. The lowest BCUT2D eigenvalue weighted by atomic mass is 9.57. The number of fused-ring (bicyclic) bond motifs is 4. The molecule has 2 aliphatic carbocycles. The lowest BCUT2D eigenvalue weighted by Crippen LogP contribution is -2.43. The Morgan fingerprint density at radius 2 is 1.51 bits per heavy atom. The number of likely N-dealkylation sites (tertiary alicyclic amines) is 2. The number of nitrogens with zero attached hydrogens (tertiary/aromatic N) is 2. The van der Waals surface area contributed by atoms with Crippen LogP contribution >= 0.6 is 0 Å². The summed E-state index contributed by atoms with van der Waals surface area (Å²) < 4.78 is 5.20. The van der Waals surface area contributed by atoms with Crippen molar-refractivity contribution < 1.29 is 29.0 Å². The summed E-state index contributed by atoms with van der Waals surface area (Å²) in [5.74, 6) is -3.17. The number of carbonyl (C=O) groups excluding carboxylic acids is 4. The van der Waals surface area contributed by atoms with Crippen LogP contribution in [-0.2, 0) is 19.2 Å². The molecule has 3 fully saturated rings. The van der Waals surface area contributed by atoms with Crippen molar-refractivity contribution in [2.45, 2.75) is 45.4 Å². The second-order valence-corrected chi connectivity index (χ2v) is 10.1. The van der Waals surface area contributed by atoms with E-state index in [1.54, 1.807) is 12.1 Å². The van der Waals surface area contributed by atoms with Gasteiger partial charge in [0.2, 0.25) is 23.6 Å². The predicted octanol–water partition coefficient (Wildman–Crippen LogP) is 2.86. The molecule has 4 amide bonds. The summed E-state index contributed by atoms with van der Waals surface area (Å²) in [6.45, 7) is 4.63. The van der Waals surface area contributed by atoms with E-state index in [0.717, 1.165) is 11.1 Å². The van der Waals surface area contributed by atoms with Crippen molar-refractivity contribution in [2.75, 3.05) is 20.2 Å². The van der Waals surface area contributed by atoms with Gasteiger partial charge < -0.3 is 9.84 Å². The maximum Gasteiger partial charge on any atom is 0.234 e. The molecule has 2 aliphatic heterocycles. The largest absolute Gasteiger partial charge is 0.504 e. The van der Waals surface area contributed by atoms with E-state index in [0.29, 0.717) is 44.5 Å². The van der Waals surface area contributed by atoms with Gasteiger partial charge >= 0.3 is 0 Å². The minimum absolute atomic E-state index is 0.0404. The van der Waals surface area contributed by atoms with Gasteiger partial charge in [-0.2, -0.15) is 0 Å². The number of imide groups is 2. The highest BCUT2D eigenvalue weighted by molar-refractivity contribution is 6.08. The maximum atomic E-state index is 13.5. The number of amides is 4. The molecule has 0 bridgehead atoms. The van der Waals surface area contributed by atoms with Crippen molar-refractivity contribution in [1.29, 1.82) is 0 Å². The summed E-state index contributed by atoms with van der Waals surface area (Å²) in [6.07, 6.45) is 4.22. The smallest absolute Gasteiger partial charge is 0.234 e. The number of aromatic hydroxyl groups is 1. The molecule has 0 aromatic heterocycles. The Morgan fingerprint density at radius 1 is 0.886 bits per heavy atom. The minimum atomic E-state index is -0.583. The molecule has 5 rings (SSSR count). The van der Waals surface area contributed by atoms with Gasteiger partial charge in [-0.15, -0.1) is 0 Å². The molecule has 1 N–H and O–H groups in total. The van der Waals surface area contributed by atoms with E-state index in [-0.39, 0.29) is 35.3 Å². The quantitative estimate of drug-likeness (QED) is 0.496. The first-order valence-corrected chi connectivity index (χ1v) is 12.6. The summed E-state index contributed by atoms with van der Waals surface area (Å²) in [5, 5.41) is 10.5. The van der Waals surface area contributed by atoms with Gasteiger partial charge in [-0.3, -0.25) is 29.0 Å². The number of hydrogen-bond donors (Lipinski definition) is 1. The number of ether oxygens (including phenoxy) is 1. The Morgan fingerprint density at radius 3 is 2.11 bits per heavy atom. The van der Waals surface area contributed by atoms with Crippen molar-refractivity contribution in [1.82, 2.24) is 9.80 Å². The zero-order chi connectivity index (χ0) is 25.0. The van der Waals surface area contributed by atoms with Gasteiger partial charge in [0.25, 0.3) is 0 Å². The van der Waals surface area contributed by atoms with E-state index in [2.05, 4.69) is 0 Å². The van der Waals surface area contributed by atoms with E-state index in [9.17, 15) is 24.3 Å². The second kappa shape index (κ2) is 8.81. The number of hydrogen-bond acceptors (Lipinski definition) is 6. The normalized spacial score (nSPS) is 31.9. The van der Waals surface area contributed by atoms with Crippen molar-refractivity contribution in [3.8, 4) is 11.5 Å². The SMILES string of the molecule is CCCN1C(=O)C2CC=C3C(CC4C(=O)N(CCC)C(=O)C4C3c3ccc(OC)c(O)c3)C2C1=O. The number of allylic oxidation sites excluding steroid dienone is 2. The molecule has 1 aromatic rings. The van der Waals surface area contributed by atoms with Gasteiger partial charge in [0.1, 0.15) is 0 Å². The zero-order valence-corrected chi connectivity index (χ0v) is 20.4. The van der Waals surface area contributed by atoms with Crippen LogP contribution in [0.3, 0.4) is 0 Å². The molecule has 2 saturated heterocycles. The van der Waals surface area contributed by atoms with E-state index in [4.69, 9.17) is 4.74 Å². The Bertz CT molecular complexity index is 1130. The topological polar surface area (TPSA) is 104 Å². The van der Waals surface area contributed by atoms with Gasteiger partial charge in [0, 0.05) is 19.0 Å². The Labute approximate surface area is 204 Å². The van der Waals surface area contributed by atoms with Crippen LogP contribution in [0, 0.1) is 29.6 Å². The molecule has 1 aromatic carbocycles. The summed E-state index contributed by atoms with van der Waals surface area (Å²) in [6, 6.07) is 5.08. The van der Waals surface area contributed by atoms with Gasteiger partial charge in [0.05, 0.1) is 30.8 Å². The van der Waals surface area contributed by atoms with Gasteiger partial charge in [0.15, 0.2) is 11.5 Å². The summed E-state index contributed by atoms with van der Waals surface area (Å²) in [5.41, 5.74) is 1.66. The fraction of sp³-hybridized carbons (Fsp3) is 0.556. The standard InChI is InChI=1S/C27H32N2O6/c1-4-10-28-24(31)16-8-7-15-17(22(16)26(28)33)13-18-23(27(34)29(11-5-2)25(18)32)21(15)14-6-9-20(35-3)19(30)12-14/h6-7,9,12,16-18,21-23,30H,4-5,8,10-11,13H2,1-3H3. The molecule has 8 nitrogen and oxygen atoms in total. The van der Waals surface area contributed by atoms with Gasteiger partial charge in [-0.05, 0) is 49.3 Å². The number of rotatable bonds is 6. The highest BCUT2D eigenvalue weighted by Crippen LogP contribution is 2.58. The Hall–Kier alpha value is -3.16. The average Bonchev–Trinajstić information content (AvgIpc) is 3.23. The molecule has 4 aliphatic rings. The molecule has 1 saturated carbocycles. The first-order valence-electron chi connectivity index (χ1n) is 12.6. The molecule has 8 heteroatoms. The van der Waals surface area contributed by atoms with Gasteiger partial charge in [-0.1, -0.05) is 31.6 Å². The first kappa shape index (κ1) is 23.6. The van der Waals surface area contributed by atoms with Crippen LogP contribution in [0.5, 0.6) is 11.5 Å². The molecule has 2 heterocycles. The van der Waals surface area contributed by atoms with Crippen LogP contribution in [0.15, 0.2) is 29.8 Å². The van der Waals surface area contributed by atoms with Gasteiger partial charge in [-0.25, -0.2) is 0 Å². The van der Waals surface area contributed by atoms with Crippen molar-refractivity contribution >= 4 is 23.6 Å². The van der Waals surface area contributed by atoms with Crippen LogP contribution in [0.4, 0.5) is 0 Å². The number of benzene rings is 1. The molecule has 186 valence electrons. The Balaban J connectivity index is 1.62. The fourth-order valence-electron chi connectivity index (χ4n) is 6.88. The number of methoxy groups -OCH3 is 1. The Kier molecular flexibility index (Phi) is 5.93. The molecule has 6 atom stereocenters. The molecule has 6 unspecified atom stereocenters. The summed E-state index contributed by atoms with van der Waals surface area (Å²) in [7, 11) is 1.47. The third-order valence-electron chi connectivity index (χ3n) is 8.29. The third-order valence-corrected chi connectivity index (χ3v) is 8.29. The fourth-order valence-corrected chi connectivity index (χ4v) is 6.88. The van der Waals surface area contributed by atoms with Crippen LogP contribution in [0.2, 0.25) is 0 Å². The van der Waals surface area contributed by atoms with Crippen LogP contribution in [-0.4, -0.2) is 58.7 Å². The third kappa shape index (κ3) is 3.40. The van der Waals surface area contributed by atoms with E-state index < -0.39 is 29.6 Å². The van der Waals surface area contributed by atoms with E-state index >= 15 is 0 Å². The zero-order valence-electron chi connectivity index (χ0n) is 20.4. The number of phenolic OH excluding ortho intramolecular Hbond substituents is 1. The average molecular weight is 481 g/mol. The summed E-state index contributed by atoms with van der Waals surface area (Å²) >= 11 is 0. The van der Waals surface area contributed by atoms with Crippen molar-refractivity contribution in [2.24, 2.45) is 29.6 Å². The highest BCUT2D eigenvalue weighted by Gasteiger charge is 2.61. The highest BCUT2D eigenvalue weighted by atomic mass is 16.5. The van der Waals surface area contributed by atoms with E-state index in [1.807, 2.05) is 26.0 Å². The minimum Gasteiger partial charge on any atom is -0.504 e. The lowest BCUT2D eigenvalue weighted by Gasteiger charge is -2.44. The molecule has 0 radical (unpaired) electrons. The van der Waals surface area contributed by atoms with Crippen LogP contribution < -0.4 is 4.74 Å². The molecule has 0 spiro atoms. The van der Waals surface area contributed by atoms with Crippen LogP contribution in [0.25, 0.3) is 0 Å². The number of phenols is 1. The monoisotopic (exact) mass is 480 g/mol. The second-order valence-electron chi connectivity index (χ2n) is 10.1. The van der Waals surface area contributed by atoms with E-state index in [1.165, 1.54) is 16.9 Å². The van der Waals surface area contributed by atoms with Crippen molar-refractivity contribution in [3.05, 3.63) is 35.4 Å². The predicted molar refractivity (Wildman–Crippen MR) is 126 cm³/mol. The lowest BCUT2D eigenvalue weighted by molar-refractivity contribution is -0.142. The maximum absolute atomic E-state index is 13.5. The van der Waals surface area contributed by atoms with Crippen molar-refractivity contribution in [3.63, 3.8) is 0 Å².